The molecule has 0 saturated carbocycles. The average molecular weight is 274 g/mol. The third-order valence-corrected chi connectivity index (χ3v) is 2.81. The molecule has 0 fully saturated rings. The topological polar surface area (TPSA) is 83.5 Å². The van der Waals surface area contributed by atoms with Gasteiger partial charge in [0.2, 0.25) is 0 Å². The van der Waals surface area contributed by atoms with Crippen LogP contribution in [0.4, 0.5) is 4.39 Å². The smallest absolute Gasteiger partial charge is 0.173 e. The van der Waals surface area contributed by atoms with Crippen LogP contribution < -0.4 is 11.1 Å². The predicted molar refractivity (Wildman–Crippen MR) is 73.7 cm³/mol. The van der Waals surface area contributed by atoms with Gasteiger partial charge in [0.15, 0.2) is 5.84 Å². The molecule has 4 N–H and O–H groups in total. The number of hydrogen-bond acceptors (Lipinski definition) is 4. The number of nitrogens with two attached hydrogens (primary N) is 1. The second-order valence-corrected chi connectivity index (χ2v) is 4.19. The highest BCUT2D eigenvalue weighted by atomic mass is 19.1. The fourth-order valence-electron chi connectivity index (χ4n) is 1.80. The van der Waals surface area contributed by atoms with Gasteiger partial charge in [-0.15, -0.1) is 0 Å². The molecule has 0 atom stereocenters. The summed E-state index contributed by atoms with van der Waals surface area (Å²) in [7, 11) is 0. The lowest BCUT2D eigenvalue weighted by Crippen LogP contribution is -2.19. The molecule has 0 amide bonds. The minimum atomic E-state index is -0.490. The molecule has 1 aromatic heterocycles. The van der Waals surface area contributed by atoms with E-state index in [9.17, 15) is 4.39 Å². The van der Waals surface area contributed by atoms with Crippen LogP contribution in [-0.4, -0.2) is 16.0 Å². The van der Waals surface area contributed by atoms with Gasteiger partial charge in [-0.25, -0.2) is 4.39 Å². The molecule has 2 rings (SSSR count). The Labute approximate surface area is 116 Å². The number of amidine groups is 1. The summed E-state index contributed by atoms with van der Waals surface area (Å²) >= 11 is 0. The Kier molecular flexibility index (Phi) is 4.62. The van der Waals surface area contributed by atoms with E-state index in [1.807, 2.05) is 18.2 Å². The van der Waals surface area contributed by atoms with Crippen molar-refractivity contribution in [3.8, 4) is 0 Å². The van der Waals surface area contributed by atoms with Crippen LogP contribution in [0.5, 0.6) is 0 Å². The number of oxime groups is 1. The van der Waals surface area contributed by atoms with Crippen LogP contribution in [0.2, 0.25) is 0 Å². The summed E-state index contributed by atoms with van der Waals surface area (Å²) in [4.78, 5) is 4.16. The first-order chi connectivity index (χ1) is 9.72. The van der Waals surface area contributed by atoms with Gasteiger partial charge < -0.3 is 16.3 Å². The lowest BCUT2D eigenvalue weighted by Gasteiger charge is -2.08. The standard InChI is InChI=1S/C14H15FN4O/c15-13-10(4-3-6-12(13)14(16)19-20)8-17-9-11-5-1-2-7-18-11/h1-7,17,20H,8-9H2,(H2,16,19). The number of nitrogens with one attached hydrogen (secondary N) is 1. The van der Waals surface area contributed by atoms with Crippen LogP contribution in [0.15, 0.2) is 47.8 Å². The molecule has 0 aliphatic rings. The van der Waals surface area contributed by atoms with Gasteiger partial charge in [-0.05, 0) is 18.2 Å². The molecular weight excluding hydrogens is 259 g/mol. The molecule has 0 spiro atoms. The lowest BCUT2D eigenvalue weighted by molar-refractivity contribution is 0.318. The molecule has 0 unspecified atom stereocenters. The number of halogens is 1. The number of aromatic nitrogens is 1. The Morgan fingerprint density at radius 1 is 1.25 bits per heavy atom. The molecule has 0 bridgehead atoms. The van der Waals surface area contributed by atoms with Crippen molar-refractivity contribution < 1.29 is 9.60 Å². The maximum atomic E-state index is 14.1. The van der Waals surface area contributed by atoms with E-state index in [1.165, 1.54) is 6.07 Å². The van der Waals surface area contributed by atoms with Gasteiger partial charge in [-0.3, -0.25) is 4.98 Å². The van der Waals surface area contributed by atoms with Crippen molar-refractivity contribution in [2.45, 2.75) is 13.1 Å². The Morgan fingerprint density at radius 2 is 2.10 bits per heavy atom. The first-order valence-corrected chi connectivity index (χ1v) is 6.08. The molecule has 0 saturated heterocycles. The van der Waals surface area contributed by atoms with Crippen molar-refractivity contribution >= 4 is 5.84 Å². The van der Waals surface area contributed by atoms with Gasteiger partial charge in [-0.2, -0.15) is 0 Å². The van der Waals surface area contributed by atoms with Crippen molar-refractivity contribution in [1.82, 2.24) is 10.3 Å². The van der Waals surface area contributed by atoms with E-state index in [4.69, 9.17) is 10.9 Å². The zero-order valence-corrected chi connectivity index (χ0v) is 10.8. The minimum Gasteiger partial charge on any atom is -0.409 e. The summed E-state index contributed by atoms with van der Waals surface area (Å²) in [5, 5.41) is 14.5. The van der Waals surface area contributed by atoms with Crippen molar-refractivity contribution in [2.24, 2.45) is 10.9 Å². The van der Waals surface area contributed by atoms with Crippen LogP contribution in [0.3, 0.4) is 0 Å². The molecule has 104 valence electrons. The van der Waals surface area contributed by atoms with Crippen LogP contribution >= 0.6 is 0 Å². The van der Waals surface area contributed by atoms with Crippen molar-refractivity contribution in [2.75, 3.05) is 0 Å². The third kappa shape index (κ3) is 3.30. The van der Waals surface area contributed by atoms with Crippen molar-refractivity contribution in [3.05, 3.63) is 65.2 Å². The van der Waals surface area contributed by atoms with Crippen LogP contribution in [0.25, 0.3) is 0 Å². The molecule has 1 aromatic carbocycles. The molecule has 2 aromatic rings. The summed E-state index contributed by atoms with van der Waals surface area (Å²) in [6, 6.07) is 10.4. The first-order valence-electron chi connectivity index (χ1n) is 6.08. The number of pyridine rings is 1. The summed E-state index contributed by atoms with van der Waals surface area (Å²) in [5.41, 5.74) is 6.83. The van der Waals surface area contributed by atoms with Crippen molar-refractivity contribution in [1.29, 1.82) is 0 Å². The van der Waals surface area contributed by atoms with Crippen LogP contribution in [0.1, 0.15) is 16.8 Å². The summed E-state index contributed by atoms with van der Waals surface area (Å²) in [6.45, 7) is 0.864. The quantitative estimate of drug-likeness (QED) is 0.335. The van der Waals surface area contributed by atoms with Gasteiger partial charge in [0.25, 0.3) is 0 Å². The second-order valence-electron chi connectivity index (χ2n) is 4.19. The maximum absolute atomic E-state index is 14.1. The molecule has 6 heteroatoms. The van der Waals surface area contributed by atoms with Gasteiger partial charge in [0.05, 0.1) is 11.3 Å². The molecule has 0 aliphatic carbocycles. The molecular formula is C14H15FN4O. The Bertz CT molecular complexity index is 601. The van der Waals surface area contributed by atoms with Crippen LogP contribution in [0, 0.1) is 5.82 Å². The Balaban J connectivity index is 2.03. The van der Waals surface area contributed by atoms with E-state index in [-0.39, 0.29) is 11.4 Å². The van der Waals surface area contributed by atoms with Gasteiger partial charge >= 0.3 is 0 Å². The first kappa shape index (κ1) is 14.0. The van der Waals surface area contributed by atoms with E-state index in [0.29, 0.717) is 18.7 Å². The summed E-state index contributed by atoms with van der Waals surface area (Å²) in [6.07, 6.45) is 1.70. The largest absolute Gasteiger partial charge is 0.409 e. The Morgan fingerprint density at radius 3 is 2.80 bits per heavy atom. The van der Waals surface area contributed by atoms with E-state index in [0.717, 1.165) is 5.69 Å². The van der Waals surface area contributed by atoms with E-state index in [1.54, 1.807) is 18.3 Å². The normalized spacial score (nSPS) is 11.6. The zero-order valence-electron chi connectivity index (χ0n) is 10.8. The number of benzene rings is 1. The van der Waals surface area contributed by atoms with Gasteiger partial charge in [-0.1, -0.05) is 23.4 Å². The van der Waals surface area contributed by atoms with Crippen molar-refractivity contribution in [3.63, 3.8) is 0 Å². The molecule has 0 aliphatic heterocycles. The lowest BCUT2D eigenvalue weighted by atomic mass is 10.1. The minimum absolute atomic E-state index is 0.0876. The average Bonchev–Trinajstić information content (AvgIpc) is 2.49. The highest BCUT2D eigenvalue weighted by Crippen LogP contribution is 2.12. The van der Waals surface area contributed by atoms with E-state index >= 15 is 0 Å². The van der Waals surface area contributed by atoms with E-state index < -0.39 is 5.82 Å². The SMILES string of the molecule is N/C(=N/O)c1cccc(CNCc2ccccn2)c1F. The fraction of sp³-hybridized carbons (Fsp3) is 0.143. The zero-order chi connectivity index (χ0) is 14.4. The molecule has 20 heavy (non-hydrogen) atoms. The third-order valence-electron chi connectivity index (χ3n) is 2.81. The Hall–Kier alpha value is -2.47. The van der Waals surface area contributed by atoms with Gasteiger partial charge in [0.1, 0.15) is 5.82 Å². The van der Waals surface area contributed by atoms with E-state index in [2.05, 4.69) is 15.5 Å². The number of hydrogen-bond donors (Lipinski definition) is 3. The second kappa shape index (κ2) is 6.63. The molecule has 5 nitrogen and oxygen atoms in total. The monoisotopic (exact) mass is 274 g/mol. The van der Waals surface area contributed by atoms with Crippen LogP contribution in [-0.2, 0) is 13.1 Å². The molecule has 1 heterocycles. The van der Waals surface area contributed by atoms with Gasteiger partial charge in [0, 0.05) is 24.8 Å². The fourth-order valence-corrected chi connectivity index (χ4v) is 1.80. The number of nitrogens with zero attached hydrogens (tertiary/aromatic N) is 2. The summed E-state index contributed by atoms with van der Waals surface area (Å²) < 4.78 is 14.1. The molecule has 0 radical (unpaired) electrons. The highest BCUT2D eigenvalue weighted by Gasteiger charge is 2.11. The predicted octanol–water partition coefficient (Wildman–Crippen LogP) is 1.60. The maximum Gasteiger partial charge on any atom is 0.173 e. The highest BCUT2D eigenvalue weighted by molar-refractivity contribution is 5.97. The number of rotatable bonds is 5. The summed E-state index contributed by atoms with van der Waals surface area (Å²) in [5.74, 6) is -0.731.